The third-order valence-electron chi connectivity index (χ3n) is 5.83. The molecule has 27 heavy (non-hydrogen) atoms. The number of benzene rings is 1. The van der Waals surface area contributed by atoms with Gasteiger partial charge in [-0.25, -0.2) is 4.98 Å². The van der Waals surface area contributed by atoms with Gasteiger partial charge < -0.3 is 10.2 Å². The molecular formula is C22H29N3OS. The van der Waals surface area contributed by atoms with Crippen LogP contribution in [0.1, 0.15) is 58.0 Å². The lowest BCUT2D eigenvalue weighted by molar-refractivity contribution is 0.0950. The Kier molecular flexibility index (Phi) is 6.20. The number of hydrogen-bond donors (Lipinski definition) is 1. The summed E-state index contributed by atoms with van der Waals surface area (Å²) in [4.78, 5) is 21.1. The Morgan fingerprint density at radius 2 is 1.89 bits per heavy atom. The van der Waals surface area contributed by atoms with Gasteiger partial charge >= 0.3 is 0 Å². The molecule has 0 radical (unpaired) electrons. The van der Waals surface area contributed by atoms with Crippen LogP contribution in [0, 0.1) is 5.92 Å². The second-order valence-corrected chi connectivity index (χ2v) is 8.95. The van der Waals surface area contributed by atoms with E-state index in [-0.39, 0.29) is 5.91 Å². The van der Waals surface area contributed by atoms with Gasteiger partial charge in [-0.05, 0) is 30.7 Å². The molecule has 0 saturated heterocycles. The lowest BCUT2D eigenvalue weighted by atomic mass is 9.89. The first-order valence-electron chi connectivity index (χ1n) is 10.3. The van der Waals surface area contributed by atoms with E-state index in [9.17, 15) is 4.79 Å². The Morgan fingerprint density at radius 3 is 2.70 bits per heavy atom. The van der Waals surface area contributed by atoms with Gasteiger partial charge in [0.25, 0.3) is 5.91 Å². The molecular weight excluding hydrogens is 354 g/mol. The SMILES string of the molecule is O=C(NCc1ccccc1)c1nc2c(s1)CCN(CC1CCCCC1)CC2. The molecule has 1 aromatic carbocycles. The van der Waals surface area contributed by atoms with Crippen LogP contribution in [0.5, 0.6) is 0 Å². The Hall–Kier alpha value is -1.72. The summed E-state index contributed by atoms with van der Waals surface area (Å²) in [7, 11) is 0. The second kappa shape index (κ2) is 8.98. The Balaban J connectivity index is 1.31. The number of aromatic nitrogens is 1. The maximum atomic E-state index is 12.5. The molecule has 4 rings (SSSR count). The summed E-state index contributed by atoms with van der Waals surface area (Å²) in [5, 5.41) is 3.62. The van der Waals surface area contributed by atoms with Gasteiger partial charge in [-0.15, -0.1) is 11.3 Å². The number of nitrogens with one attached hydrogen (secondary N) is 1. The molecule has 1 saturated carbocycles. The maximum absolute atomic E-state index is 12.5. The van der Waals surface area contributed by atoms with Crippen LogP contribution in [0.3, 0.4) is 0 Å². The van der Waals surface area contributed by atoms with Crippen LogP contribution < -0.4 is 5.32 Å². The minimum absolute atomic E-state index is 0.0454. The van der Waals surface area contributed by atoms with E-state index in [1.807, 2.05) is 30.3 Å². The highest BCUT2D eigenvalue weighted by Crippen LogP contribution is 2.27. The molecule has 1 amide bonds. The molecule has 2 aliphatic rings. The highest BCUT2D eigenvalue weighted by atomic mass is 32.1. The van der Waals surface area contributed by atoms with Gasteiger partial charge in [-0.2, -0.15) is 0 Å². The van der Waals surface area contributed by atoms with E-state index in [2.05, 4.69) is 15.2 Å². The Labute approximate surface area is 166 Å². The zero-order valence-electron chi connectivity index (χ0n) is 16.0. The summed E-state index contributed by atoms with van der Waals surface area (Å²) in [6.45, 7) is 3.99. The summed E-state index contributed by atoms with van der Waals surface area (Å²) in [5.74, 6) is 0.846. The topological polar surface area (TPSA) is 45.2 Å². The molecule has 0 atom stereocenters. The largest absolute Gasteiger partial charge is 0.346 e. The number of amides is 1. The predicted octanol–water partition coefficient (Wildman–Crippen LogP) is 4.05. The first kappa shape index (κ1) is 18.6. The van der Waals surface area contributed by atoms with E-state index < -0.39 is 0 Å². The van der Waals surface area contributed by atoms with Crippen LogP contribution >= 0.6 is 11.3 Å². The molecule has 1 aliphatic heterocycles. The van der Waals surface area contributed by atoms with Crippen molar-refractivity contribution in [2.45, 2.75) is 51.5 Å². The molecule has 0 bridgehead atoms. The fourth-order valence-electron chi connectivity index (χ4n) is 4.28. The lowest BCUT2D eigenvalue weighted by Gasteiger charge is -2.28. The Bertz CT molecular complexity index is 727. The van der Waals surface area contributed by atoms with Gasteiger partial charge in [-0.1, -0.05) is 49.6 Å². The number of carbonyl (C=O) groups excluding carboxylic acids is 1. The zero-order valence-corrected chi connectivity index (χ0v) is 16.8. The number of rotatable bonds is 5. The molecule has 1 aliphatic carbocycles. The summed E-state index contributed by atoms with van der Waals surface area (Å²) in [6.07, 6.45) is 9.07. The van der Waals surface area contributed by atoms with Crippen LogP contribution in [0.4, 0.5) is 0 Å². The van der Waals surface area contributed by atoms with Crippen molar-refractivity contribution in [1.29, 1.82) is 0 Å². The average molecular weight is 384 g/mol. The van der Waals surface area contributed by atoms with Crippen molar-refractivity contribution in [2.24, 2.45) is 5.92 Å². The van der Waals surface area contributed by atoms with E-state index in [1.165, 1.54) is 43.5 Å². The standard InChI is InChI=1S/C22H29N3OS/c26-21(23-15-17-7-3-1-4-8-17)22-24-19-11-13-25(14-12-20(19)27-22)16-18-9-5-2-6-10-18/h1,3-4,7-8,18H,2,5-6,9-16H2,(H,23,26). The fraction of sp³-hybridized carbons (Fsp3) is 0.545. The van der Waals surface area contributed by atoms with E-state index >= 15 is 0 Å². The molecule has 0 unspecified atom stereocenters. The number of carbonyl (C=O) groups is 1. The van der Waals surface area contributed by atoms with Crippen molar-refractivity contribution in [3.05, 3.63) is 51.5 Å². The smallest absolute Gasteiger partial charge is 0.280 e. The number of thiazole rings is 1. The first-order chi connectivity index (χ1) is 13.3. The molecule has 4 nitrogen and oxygen atoms in total. The third-order valence-corrected chi connectivity index (χ3v) is 6.99. The summed E-state index contributed by atoms with van der Waals surface area (Å²) >= 11 is 1.59. The molecule has 2 heterocycles. The summed E-state index contributed by atoms with van der Waals surface area (Å²) < 4.78 is 0. The van der Waals surface area contributed by atoms with Crippen LogP contribution in [-0.4, -0.2) is 35.4 Å². The third kappa shape index (κ3) is 4.96. The van der Waals surface area contributed by atoms with Crippen molar-refractivity contribution in [1.82, 2.24) is 15.2 Å². The monoisotopic (exact) mass is 383 g/mol. The molecule has 1 aromatic heterocycles. The maximum Gasteiger partial charge on any atom is 0.280 e. The predicted molar refractivity (Wildman–Crippen MR) is 110 cm³/mol. The fourth-order valence-corrected chi connectivity index (χ4v) is 5.29. The number of nitrogens with zero attached hydrogens (tertiary/aromatic N) is 2. The minimum Gasteiger partial charge on any atom is -0.346 e. The van der Waals surface area contributed by atoms with E-state index in [0.717, 1.165) is 43.1 Å². The van der Waals surface area contributed by atoms with Gasteiger partial charge in [0, 0.05) is 37.5 Å². The molecule has 1 fully saturated rings. The van der Waals surface area contributed by atoms with E-state index in [0.29, 0.717) is 11.6 Å². The van der Waals surface area contributed by atoms with Crippen molar-refractivity contribution in [3.63, 3.8) is 0 Å². The minimum atomic E-state index is -0.0454. The van der Waals surface area contributed by atoms with Gasteiger partial charge in [0.15, 0.2) is 5.01 Å². The van der Waals surface area contributed by atoms with Crippen LogP contribution in [0.15, 0.2) is 30.3 Å². The van der Waals surface area contributed by atoms with Crippen molar-refractivity contribution in [2.75, 3.05) is 19.6 Å². The van der Waals surface area contributed by atoms with Gasteiger partial charge in [0.2, 0.25) is 0 Å². The second-order valence-electron chi connectivity index (χ2n) is 7.86. The molecule has 1 N–H and O–H groups in total. The van der Waals surface area contributed by atoms with E-state index in [1.54, 1.807) is 11.3 Å². The molecule has 5 heteroatoms. The lowest BCUT2D eigenvalue weighted by Crippen LogP contribution is -2.32. The first-order valence-corrected chi connectivity index (χ1v) is 11.1. The summed E-state index contributed by atoms with van der Waals surface area (Å²) in [6, 6.07) is 10.0. The van der Waals surface area contributed by atoms with Crippen LogP contribution in [-0.2, 0) is 19.4 Å². The highest BCUT2D eigenvalue weighted by molar-refractivity contribution is 7.13. The highest BCUT2D eigenvalue weighted by Gasteiger charge is 2.23. The van der Waals surface area contributed by atoms with E-state index in [4.69, 9.17) is 0 Å². The summed E-state index contributed by atoms with van der Waals surface area (Å²) in [5.41, 5.74) is 2.26. The molecule has 2 aromatic rings. The van der Waals surface area contributed by atoms with Crippen molar-refractivity contribution < 1.29 is 4.79 Å². The molecule has 144 valence electrons. The van der Waals surface area contributed by atoms with Gasteiger partial charge in [0.05, 0.1) is 5.69 Å². The van der Waals surface area contributed by atoms with Gasteiger partial charge in [-0.3, -0.25) is 4.79 Å². The average Bonchev–Trinajstić information content (AvgIpc) is 3.04. The normalized spacial score (nSPS) is 18.7. The number of fused-ring (bicyclic) bond motifs is 1. The van der Waals surface area contributed by atoms with Crippen molar-refractivity contribution in [3.8, 4) is 0 Å². The zero-order chi connectivity index (χ0) is 18.5. The van der Waals surface area contributed by atoms with Crippen LogP contribution in [0.25, 0.3) is 0 Å². The number of hydrogen-bond acceptors (Lipinski definition) is 4. The van der Waals surface area contributed by atoms with Crippen LogP contribution in [0.2, 0.25) is 0 Å². The molecule has 0 spiro atoms. The quantitative estimate of drug-likeness (QED) is 0.847. The Morgan fingerprint density at radius 1 is 1.11 bits per heavy atom. The van der Waals surface area contributed by atoms with Crippen molar-refractivity contribution >= 4 is 17.2 Å². The van der Waals surface area contributed by atoms with Gasteiger partial charge in [0.1, 0.15) is 0 Å².